The molecule has 0 unspecified atom stereocenters. The van der Waals surface area contributed by atoms with E-state index in [0.717, 1.165) is 19.5 Å². The monoisotopic (exact) mass is 157 g/mol. The summed E-state index contributed by atoms with van der Waals surface area (Å²) in [5, 5.41) is 0. The molecule has 0 amide bonds. The van der Waals surface area contributed by atoms with Gasteiger partial charge >= 0.3 is 0 Å². The van der Waals surface area contributed by atoms with Crippen molar-refractivity contribution in [3.63, 3.8) is 0 Å². The van der Waals surface area contributed by atoms with E-state index in [9.17, 15) is 4.79 Å². The van der Waals surface area contributed by atoms with E-state index in [1.807, 2.05) is 6.92 Å². The van der Waals surface area contributed by atoms with Crippen molar-refractivity contribution in [1.82, 2.24) is 4.90 Å². The van der Waals surface area contributed by atoms with Crippen LogP contribution in [0, 0.1) is 0 Å². The van der Waals surface area contributed by atoms with Crippen LogP contribution in [0.15, 0.2) is 0 Å². The van der Waals surface area contributed by atoms with Crippen LogP contribution in [0.4, 0.5) is 0 Å². The van der Waals surface area contributed by atoms with Crippen molar-refractivity contribution in [2.45, 2.75) is 33.6 Å². The van der Waals surface area contributed by atoms with E-state index in [1.165, 1.54) is 0 Å². The van der Waals surface area contributed by atoms with E-state index >= 15 is 0 Å². The first kappa shape index (κ1) is 10.6. The van der Waals surface area contributed by atoms with Crippen LogP contribution >= 0.6 is 0 Å². The quantitative estimate of drug-likeness (QED) is 0.585. The highest BCUT2D eigenvalue weighted by molar-refractivity contribution is 5.80. The Morgan fingerprint density at radius 3 is 2.27 bits per heavy atom. The van der Waals surface area contributed by atoms with Crippen molar-refractivity contribution in [3.8, 4) is 0 Å². The molecule has 0 radical (unpaired) electrons. The third kappa shape index (κ3) is 4.96. The fraction of sp³-hybridized carbons (Fsp3) is 0.889. The number of nitrogens with zero attached hydrogens (tertiary/aromatic N) is 1. The molecule has 11 heavy (non-hydrogen) atoms. The van der Waals surface area contributed by atoms with Crippen LogP contribution in [-0.2, 0) is 4.79 Å². The maximum absolute atomic E-state index is 11.0. The van der Waals surface area contributed by atoms with Crippen LogP contribution in [-0.4, -0.2) is 30.3 Å². The van der Waals surface area contributed by atoms with Crippen LogP contribution in [0.5, 0.6) is 0 Å². The average Bonchev–Trinajstić information content (AvgIpc) is 2.03. The van der Waals surface area contributed by atoms with Gasteiger partial charge in [-0.1, -0.05) is 20.8 Å². The van der Waals surface area contributed by atoms with Crippen molar-refractivity contribution >= 4 is 5.78 Å². The highest BCUT2D eigenvalue weighted by Crippen LogP contribution is 1.92. The summed E-state index contributed by atoms with van der Waals surface area (Å²) in [6.45, 7) is 8.82. The molecule has 0 fully saturated rings. The van der Waals surface area contributed by atoms with E-state index in [2.05, 4.69) is 18.7 Å². The molecule has 0 N–H and O–H groups in total. The number of carbonyl (C=O) groups excluding carboxylic acids is 1. The Bertz CT molecular complexity index is 112. The van der Waals surface area contributed by atoms with Gasteiger partial charge in [0.1, 0.15) is 5.78 Å². The second-order valence-corrected chi connectivity index (χ2v) is 2.76. The van der Waals surface area contributed by atoms with Gasteiger partial charge in [-0.15, -0.1) is 0 Å². The first-order valence-corrected chi connectivity index (χ1v) is 4.48. The molecule has 0 bridgehead atoms. The molecule has 2 nitrogen and oxygen atoms in total. The molecule has 0 saturated heterocycles. The lowest BCUT2D eigenvalue weighted by molar-refractivity contribution is -0.119. The lowest BCUT2D eigenvalue weighted by Crippen LogP contribution is -2.30. The molecule has 0 aromatic carbocycles. The molecule has 2 heteroatoms. The minimum Gasteiger partial charge on any atom is -0.298 e. The molecule has 0 spiro atoms. The molecular weight excluding hydrogens is 138 g/mol. The molecule has 0 aromatic heterocycles. The first-order chi connectivity index (χ1) is 5.24. The normalized spacial score (nSPS) is 10.5. The summed E-state index contributed by atoms with van der Waals surface area (Å²) in [5.41, 5.74) is 0. The van der Waals surface area contributed by atoms with Gasteiger partial charge in [-0.2, -0.15) is 0 Å². The van der Waals surface area contributed by atoms with Crippen molar-refractivity contribution in [1.29, 1.82) is 0 Å². The van der Waals surface area contributed by atoms with Gasteiger partial charge in [0.05, 0.1) is 6.54 Å². The number of carbonyl (C=O) groups is 1. The number of Topliss-reactive ketones (excluding diaryl/α,β-unsaturated/α-hetero) is 1. The molecule has 0 aromatic rings. The predicted molar refractivity (Wildman–Crippen MR) is 47.7 cm³/mol. The summed E-state index contributed by atoms with van der Waals surface area (Å²) >= 11 is 0. The molecule has 0 saturated carbocycles. The van der Waals surface area contributed by atoms with Gasteiger partial charge in [0.2, 0.25) is 0 Å². The topological polar surface area (TPSA) is 20.3 Å². The fourth-order valence-corrected chi connectivity index (χ4v) is 1.03. The molecule has 0 aliphatic carbocycles. The largest absolute Gasteiger partial charge is 0.298 e. The van der Waals surface area contributed by atoms with Gasteiger partial charge in [-0.05, 0) is 19.5 Å². The van der Waals surface area contributed by atoms with Crippen LogP contribution in [0.1, 0.15) is 33.6 Å². The maximum atomic E-state index is 11.0. The van der Waals surface area contributed by atoms with E-state index in [-0.39, 0.29) is 0 Å². The maximum Gasteiger partial charge on any atom is 0.146 e. The third-order valence-corrected chi connectivity index (χ3v) is 1.78. The summed E-state index contributed by atoms with van der Waals surface area (Å²) in [4.78, 5) is 13.2. The van der Waals surface area contributed by atoms with E-state index in [4.69, 9.17) is 0 Å². The summed E-state index contributed by atoms with van der Waals surface area (Å²) < 4.78 is 0. The van der Waals surface area contributed by atoms with Crippen LogP contribution in [0.2, 0.25) is 0 Å². The first-order valence-electron chi connectivity index (χ1n) is 4.48. The zero-order valence-electron chi connectivity index (χ0n) is 7.89. The molecular formula is C9H19NO. The van der Waals surface area contributed by atoms with Crippen LogP contribution in [0.3, 0.4) is 0 Å². The summed E-state index contributed by atoms with van der Waals surface area (Å²) in [6, 6.07) is 0. The Hall–Kier alpha value is -0.370. The Kier molecular flexibility index (Phi) is 6.13. The zero-order chi connectivity index (χ0) is 8.69. The molecule has 66 valence electrons. The molecule has 0 rings (SSSR count). The number of ketones is 1. The van der Waals surface area contributed by atoms with Crippen LogP contribution < -0.4 is 0 Å². The third-order valence-electron chi connectivity index (χ3n) is 1.78. The second-order valence-electron chi connectivity index (χ2n) is 2.76. The van der Waals surface area contributed by atoms with Crippen molar-refractivity contribution in [2.24, 2.45) is 0 Å². The summed E-state index contributed by atoms with van der Waals surface area (Å²) in [6.07, 6.45) is 1.80. The fourth-order valence-electron chi connectivity index (χ4n) is 1.03. The van der Waals surface area contributed by atoms with E-state index < -0.39 is 0 Å². The number of likely N-dealkylation sites (N-methyl/N-ethyl adjacent to an activating group) is 1. The number of hydrogen-bond acceptors (Lipinski definition) is 2. The molecule has 0 aliphatic heterocycles. The predicted octanol–water partition coefficient (Wildman–Crippen LogP) is 1.70. The lowest BCUT2D eigenvalue weighted by Gasteiger charge is -2.17. The van der Waals surface area contributed by atoms with Gasteiger partial charge in [-0.25, -0.2) is 0 Å². The van der Waals surface area contributed by atoms with Gasteiger partial charge in [0.15, 0.2) is 0 Å². The highest BCUT2D eigenvalue weighted by Gasteiger charge is 2.04. The highest BCUT2D eigenvalue weighted by atomic mass is 16.1. The molecule has 0 heterocycles. The molecule has 0 atom stereocenters. The summed E-state index contributed by atoms with van der Waals surface area (Å²) in [7, 11) is 0. The number of rotatable bonds is 6. The van der Waals surface area contributed by atoms with Gasteiger partial charge in [0.25, 0.3) is 0 Å². The Balaban J connectivity index is 3.58. The van der Waals surface area contributed by atoms with Crippen LogP contribution in [0.25, 0.3) is 0 Å². The Morgan fingerprint density at radius 1 is 1.27 bits per heavy atom. The van der Waals surface area contributed by atoms with Crippen molar-refractivity contribution in [2.75, 3.05) is 19.6 Å². The zero-order valence-corrected chi connectivity index (χ0v) is 7.89. The number of hydrogen-bond donors (Lipinski definition) is 0. The smallest absolute Gasteiger partial charge is 0.146 e. The van der Waals surface area contributed by atoms with Gasteiger partial charge in [-0.3, -0.25) is 9.69 Å². The Morgan fingerprint density at radius 2 is 1.91 bits per heavy atom. The van der Waals surface area contributed by atoms with Gasteiger partial charge in [0, 0.05) is 6.42 Å². The van der Waals surface area contributed by atoms with Gasteiger partial charge < -0.3 is 0 Å². The molecule has 0 aliphatic rings. The minimum atomic E-state index is 0.348. The van der Waals surface area contributed by atoms with Crippen molar-refractivity contribution < 1.29 is 4.79 Å². The summed E-state index contributed by atoms with van der Waals surface area (Å²) in [5.74, 6) is 0.348. The minimum absolute atomic E-state index is 0.348. The average molecular weight is 157 g/mol. The lowest BCUT2D eigenvalue weighted by atomic mass is 10.3. The van der Waals surface area contributed by atoms with E-state index in [1.54, 1.807) is 0 Å². The Labute approximate surface area is 69.6 Å². The van der Waals surface area contributed by atoms with Crippen molar-refractivity contribution in [3.05, 3.63) is 0 Å². The standard InChI is InChI=1S/C9H19NO/c1-4-7-10(6-3)8-9(11)5-2/h4-8H2,1-3H3. The van der Waals surface area contributed by atoms with E-state index in [0.29, 0.717) is 18.7 Å². The SMILES string of the molecule is CCCN(CC)CC(=O)CC. The second kappa shape index (κ2) is 6.35.